The molecule has 0 bridgehead atoms. The molecule has 0 aliphatic carbocycles. The summed E-state index contributed by atoms with van der Waals surface area (Å²) < 4.78 is 20.2. The fourth-order valence-corrected chi connectivity index (χ4v) is 8.09. The maximum absolute atomic E-state index is 11.4. The zero-order chi connectivity index (χ0) is 37.7. The number of aldehydes is 1. The van der Waals surface area contributed by atoms with Crippen molar-refractivity contribution in [1.29, 1.82) is 10.5 Å². The van der Waals surface area contributed by atoms with Gasteiger partial charge in [-0.25, -0.2) is 24.5 Å². The first-order valence-corrected chi connectivity index (χ1v) is 18.5. The van der Waals surface area contributed by atoms with Crippen LogP contribution in [-0.4, -0.2) is 130 Å². The van der Waals surface area contributed by atoms with E-state index in [1.165, 1.54) is 6.42 Å². The van der Waals surface area contributed by atoms with Crippen LogP contribution in [0.3, 0.4) is 0 Å². The van der Waals surface area contributed by atoms with Crippen molar-refractivity contribution < 1.29 is 28.0 Å². The number of terminal acetylenes is 1. The molecule has 274 valence electrons. The normalized spacial score (nSPS) is 22.8. The molecule has 0 amide bonds. The van der Waals surface area contributed by atoms with E-state index in [0.29, 0.717) is 35.1 Å². The summed E-state index contributed by atoms with van der Waals surface area (Å²) in [6, 6.07) is 5.40. The van der Waals surface area contributed by atoms with Gasteiger partial charge in [-0.2, -0.15) is 15.3 Å². The summed E-state index contributed by atoms with van der Waals surface area (Å²) in [6.45, 7) is 6.20. The van der Waals surface area contributed by atoms with E-state index in [2.05, 4.69) is 71.4 Å². The van der Waals surface area contributed by atoms with Gasteiger partial charge < -0.3 is 29.2 Å². The van der Waals surface area contributed by atoms with Crippen LogP contribution >= 0.6 is 7.60 Å². The van der Waals surface area contributed by atoms with E-state index in [1.807, 2.05) is 0 Å². The molecule has 4 saturated heterocycles. The number of rotatable bonds is 7. The summed E-state index contributed by atoms with van der Waals surface area (Å²) in [5, 5.41) is 18.3. The molecule has 4 atom stereocenters. The molecule has 6 rings (SSSR count). The zero-order valence-electron chi connectivity index (χ0n) is 29.6. The monoisotopic (exact) mass is 730 g/mol. The molecular weight excluding hydrogens is 687 g/mol. The van der Waals surface area contributed by atoms with Gasteiger partial charge in [-0.05, 0) is 38.5 Å². The Morgan fingerprint density at radius 2 is 1.38 bits per heavy atom. The number of hydrogen-bond acceptors (Lipinski definition) is 15. The molecule has 18 heteroatoms. The summed E-state index contributed by atoms with van der Waals surface area (Å²) >= 11 is 0. The molecular formula is C34H43N12O5P. The minimum absolute atomic E-state index is 0.0631. The third-order valence-electron chi connectivity index (χ3n) is 9.60. The van der Waals surface area contributed by atoms with Gasteiger partial charge in [-0.15, -0.1) is 6.42 Å². The Labute approximate surface area is 303 Å². The highest BCUT2D eigenvalue weighted by molar-refractivity contribution is 7.74. The quantitative estimate of drug-likeness (QED) is 0.0997. The van der Waals surface area contributed by atoms with Crippen molar-refractivity contribution in [3.8, 4) is 24.5 Å². The van der Waals surface area contributed by atoms with Crippen molar-refractivity contribution in [3.63, 3.8) is 0 Å². The van der Waals surface area contributed by atoms with Crippen LogP contribution in [0.25, 0.3) is 5.53 Å². The van der Waals surface area contributed by atoms with Gasteiger partial charge in [0.1, 0.15) is 18.4 Å². The lowest BCUT2D eigenvalue weighted by Crippen LogP contribution is -2.59. The Bertz CT molecular complexity index is 1790. The van der Waals surface area contributed by atoms with Gasteiger partial charge in [0, 0.05) is 97.3 Å². The highest BCUT2D eigenvalue weighted by Gasteiger charge is 2.42. The van der Waals surface area contributed by atoms with Crippen LogP contribution in [-0.2, 0) is 23.2 Å². The standard InChI is InChI=1S/C15H17N5.C14H17N5O.C5H9N2O4P/c1-2-12-4-3-5-13-11-19(8-9-20(12)13)15-14(10-16)17-6-7-18-15;15-8-13-14(17-5-4-16-13)18-6-7-19-11(9-18)2-1-3-12(19)10-20;1-4(8)5(7-6)12(9,10-2)11-3/h1,6-7,12-13H,3-5,8-9,11H2;4-5,10-12H,1-3,6-7,9H2;1-3H3/t12-,13-;11-,12+;/m00./s1. The van der Waals surface area contributed by atoms with Gasteiger partial charge in [-0.1, -0.05) is 5.92 Å². The molecule has 4 fully saturated rings. The number of ketones is 1. The van der Waals surface area contributed by atoms with Crippen LogP contribution in [0.2, 0.25) is 0 Å². The van der Waals surface area contributed by atoms with E-state index >= 15 is 0 Å². The number of Topliss-reactive ketones (excluding diaryl/α,β-unsaturated/α-hetero) is 1. The van der Waals surface area contributed by atoms with E-state index in [1.54, 1.807) is 24.8 Å². The van der Waals surface area contributed by atoms with Crippen LogP contribution in [0, 0.1) is 35.0 Å². The zero-order valence-corrected chi connectivity index (χ0v) is 30.5. The SMILES string of the molecule is C#C[C@H]1CCC[C@H]2CN(c3nccnc3C#N)CCN21.COP(=O)(OC)C(=[N+]=[N-])C(C)=O.N#Cc1nccnc1N1CCN2[C@@H](CCC[C@@H]2C=O)C1. The van der Waals surface area contributed by atoms with Crippen LogP contribution in [0.4, 0.5) is 11.6 Å². The van der Waals surface area contributed by atoms with Gasteiger partial charge in [0.15, 0.2) is 23.0 Å². The van der Waals surface area contributed by atoms with Crippen molar-refractivity contribution in [3.05, 3.63) is 41.7 Å². The van der Waals surface area contributed by atoms with Crippen molar-refractivity contribution >= 4 is 36.8 Å². The van der Waals surface area contributed by atoms with Gasteiger partial charge >= 0.3 is 13.0 Å². The first-order valence-electron chi connectivity index (χ1n) is 17.0. The van der Waals surface area contributed by atoms with Crippen molar-refractivity contribution in [1.82, 2.24) is 29.7 Å². The van der Waals surface area contributed by atoms with Crippen molar-refractivity contribution in [2.24, 2.45) is 0 Å². The van der Waals surface area contributed by atoms with Gasteiger partial charge in [0.25, 0.3) is 0 Å². The lowest BCUT2D eigenvalue weighted by molar-refractivity contribution is -0.115. The molecule has 6 heterocycles. The number of piperazine rings is 2. The third-order valence-corrected chi connectivity index (χ3v) is 11.5. The Kier molecular flexibility index (Phi) is 14.6. The predicted octanol–water partition coefficient (Wildman–Crippen LogP) is 2.30. The average molecular weight is 731 g/mol. The van der Waals surface area contributed by atoms with E-state index in [0.717, 1.165) is 98.8 Å². The Hall–Kier alpha value is -4.91. The number of carbonyl (C=O) groups excluding carboxylic acids is 2. The molecule has 0 saturated carbocycles. The van der Waals surface area contributed by atoms with Crippen LogP contribution in [0.5, 0.6) is 0 Å². The molecule has 4 aliphatic rings. The summed E-state index contributed by atoms with van der Waals surface area (Å²) in [5.74, 6) is 3.62. The average Bonchev–Trinajstić information content (AvgIpc) is 3.20. The largest absolute Gasteiger partial charge is 0.446 e. The molecule has 4 aliphatic heterocycles. The molecule has 0 N–H and O–H groups in total. The summed E-state index contributed by atoms with van der Waals surface area (Å²) in [7, 11) is -1.51. The number of hydrogen-bond donors (Lipinski definition) is 0. The number of nitrogens with zero attached hydrogens (tertiary/aromatic N) is 12. The van der Waals surface area contributed by atoms with E-state index in [-0.39, 0.29) is 12.1 Å². The summed E-state index contributed by atoms with van der Waals surface area (Å²) in [4.78, 5) is 50.3. The molecule has 0 aromatic carbocycles. The maximum Gasteiger partial charge on any atom is 0.446 e. The number of aromatic nitrogens is 4. The van der Waals surface area contributed by atoms with E-state index < -0.39 is 18.8 Å². The second kappa shape index (κ2) is 19.1. The Morgan fingerprint density at radius 3 is 1.83 bits per heavy atom. The number of fused-ring (bicyclic) bond motifs is 2. The molecule has 0 unspecified atom stereocenters. The lowest BCUT2D eigenvalue weighted by atomic mass is 9.93. The fraction of sp³-hybridized carbons (Fsp3) is 0.559. The second-order valence-corrected chi connectivity index (χ2v) is 14.6. The molecule has 2 aromatic rings. The second-order valence-electron chi connectivity index (χ2n) is 12.4. The number of piperidine rings is 2. The minimum atomic E-state index is -3.70. The van der Waals surface area contributed by atoms with Gasteiger partial charge in [0.05, 0.1) is 12.1 Å². The first kappa shape index (κ1) is 39.9. The van der Waals surface area contributed by atoms with Crippen LogP contribution in [0.1, 0.15) is 56.8 Å². The van der Waals surface area contributed by atoms with Crippen LogP contribution < -0.4 is 9.80 Å². The number of nitriles is 2. The smallest absolute Gasteiger partial charge is 0.360 e. The molecule has 0 spiro atoms. The summed E-state index contributed by atoms with van der Waals surface area (Å²) in [5.41, 5.74) is 8.51. The molecule has 2 aromatic heterocycles. The van der Waals surface area contributed by atoms with E-state index in [4.69, 9.17) is 22.5 Å². The maximum atomic E-state index is 11.4. The Balaban J connectivity index is 0.000000181. The van der Waals surface area contributed by atoms with Gasteiger partial charge in [0.2, 0.25) is 5.78 Å². The number of anilines is 2. The number of carbonyl (C=O) groups is 2. The van der Waals surface area contributed by atoms with Crippen LogP contribution in [0.15, 0.2) is 24.8 Å². The lowest BCUT2D eigenvalue weighted by Gasteiger charge is -2.47. The Morgan fingerprint density at radius 1 is 0.885 bits per heavy atom. The summed E-state index contributed by atoms with van der Waals surface area (Å²) in [6.07, 6.45) is 19.7. The minimum Gasteiger partial charge on any atom is -0.360 e. The highest BCUT2D eigenvalue weighted by Crippen LogP contribution is 2.47. The fourth-order valence-electron chi connectivity index (χ4n) is 7.10. The first-order chi connectivity index (χ1) is 25.2. The highest BCUT2D eigenvalue weighted by atomic mass is 31.2. The van der Waals surface area contributed by atoms with Crippen molar-refractivity contribution in [2.45, 2.75) is 69.6 Å². The molecule has 17 nitrogen and oxygen atoms in total. The molecule has 0 radical (unpaired) electrons. The molecule has 52 heavy (non-hydrogen) atoms. The predicted molar refractivity (Wildman–Crippen MR) is 190 cm³/mol. The van der Waals surface area contributed by atoms with Gasteiger partial charge in [-0.3, -0.25) is 14.6 Å². The topological polar surface area (TPSA) is 218 Å². The van der Waals surface area contributed by atoms with Crippen molar-refractivity contribution in [2.75, 3.05) is 63.3 Å². The third kappa shape index (κ3) is 9.30. The van der Waals surface area contributed by atoms with E-state index in [9.17, 15) is 14.2 Å².